The summed E-state index contributed by atoms with van der Waals surface area (Å²) in [6.07, 6.45) is 2.43. The van der Waals surface area contributed by atoms with Crippen molar-refractivity contribution in [2.24, 2.45) is 5.92 Å². The second-order valence-electron chi connectivity index (χ2n) is 13.0. The van der Waals surface area contributed by atoms with Crippen molar-refractivity contribution in [2.45, 2.75) is 69.9 Å². The van der Waals surface area contributed by atoms with E-state index in [4.69, 9.17) is 4.74 Å². The quantitative estimate of drug-likeness (QED) is 0.228. The lowest BCUT2D eigenvalue weighted by Gasteiger charge is -2.28. The largest absolute Gasteiger partial charge is 0.457 e. The summed E-state index contributed by atoms with van der Waals surface area (Å²) in [5, 5.41) is 2.93. The first-order chi connectivity index (χ1) is 23.8. The Bertz CT molecular complexity index is 1790. The van der Waals surface area contributed by atoms with E-state index >= 15 is 0 Å². The average molecular weight is 661 g/mol. The number of carbonyl (C=O) groups excluding carboxylic acids is 4. The lowest BCUT2D eigenvalue weighted by Crippen LogP contribution is -2.46. The molecule has 3 atom stereocenters. The van der Waals surface area contributed by atoms with Crippen molar-refractivity contribution >= 4 is 23.4 Å². The summed E-state index contributed by atoms with van der Waals surface area (Å²) in [7, 11) is 0. The van der Waals surface area contributed by atoms with E-state index in [1.54, 1.807) is 18.2 Å². The van der Waals surface area contributed by atoms with Gasteiger partial charge in [-0.1, -0.05) is 72.8 Å². The van der Waals surface area contributed by atoms with Crippen molar-refractivity contribution in [3.8, 4) is 11.5 Å². The van der Waals surface area contributed by atoms with E-state index in [2.05, 4.69) is 5.32 Å². The summed E-state index contributed by atoms with van der Waals surface area (Å²) in [5.41, 5.74) is 3.18. The van der Waals surface area contributed by atoms with Gasteiger partial charge >= 0.3 is 0 Å². The first kappa shape index (κ1) is 33.8. The Morgan fingerprint density at radius 1 is 0.816 bits per heavy atom. The minimum absolute atomic E-state index is 0.0116. The van der Waals surface area contributed by atoms with Crippen molar-refractivity contribution in [2.75, 3.05) is 6.54 Å². The van der Waals surface area contributed by atoms with Gasteiger partial charge in [-0.25, -0.2) is 4.39 Å². The van der Waals surface area contributed by atoms with Crippen LogP contribution in [-0.2, 0) is 38.4 Å². The van der Waals surface area contributed by atoms with E-state index in [0.717, 1.165) is 29.5 Å². The smallest absolute Gasteiger partial charge is 0.224 e. The lowest BCUT2D eigenvalue weighted by molar-refractivity contribution is -0.139. The molecule has 1 fully saturated rings. The number of nitrogens with one attached hydrogen (secondary N) is 1. The van der Waals surface area contributed by atoms with Crippen LogP contribution in [0.1, 0.15) is 66.8 Å². The maximum atomic E-state index is 14.4. The van der Waals surface area contributed by atoms with Gasteiger partial charge in [-0.3, -0.25) is 19.2 Å². The minimum Gasteiger partial charge on any atom is -0.457 e. The van der Waals surface area contributed by atoms with Gasteiger partial charge in [0.1, 0.15) is 23.1 Å². The third kappa shape index (κ3) is 8.87. The fraction of sp³-hybridized carbons (Fsp3) is 0.317. The van der Waals surface area contributed by atoms with E-state index in [1.165, 1.54) is 6.07 Å². The van der Waals surface area contributed by atoms with Crippen molar-refractivity contribution in [3.63, 3.8) is 0 Å². The van der Waals surface area contributed by atoms with Crippen LogP contribution in [0.3, 0.4) is 0 Å². The standard InChI is InChI=1S/C41H41FN2O5/c42-36-13-5-4-9-30(36)18-22-39(46)37-25-29-16-20-34(21-17-29)49-35-12-6-8-28(24-35)15-19-33(45)26-32(41(48)43-37)27-40(47)44-23-7-14-38(44)31-10-2-1-3-11-31/h1-6,8-13,16-17,20-21,24,32,37-38H,7,14-15,18-19,22-23,25-27H2,(H,43,48)/t32?,37?,38-/m1/s1. The predicted octanol–water partition coefficient (Wildman–Crippen LogP) is 7.12. The summed E-state index contributed by atoms with van der Waals surface area (Å²) in [4.78, 5) is 56.9. The topological polar surface area (TPSA) is 92.8 Å². The molecule has 252 valence electrons. The molecule has 8 heteroatoms. The van der Waals surface area contributed by atoms with Crippen LogP contribution >= 0.6 is 0 Å². The first-order valence-corrected chi connectivity index (χ1v) is 17.1. The Morgan fingerprint density at radius 3 is 2.39 bits per heavy atom. The van der Waals surface area contributed by atoms with Gasteiger partial charge in [-0.05, 0) is 84.7 Å². The second-order valence-corrected chi connectivity index (χ2v) is 13.0. The number of ketones is 2. The van der Waals surface area contributed by atoms with E-state index in [9.17, 15) is 23.6 Å². The lowest BCUT2D eigenvalue weighted by atomic mass is 9.92. The molecule has 0 aromatic heterocycles. The molecular formula is C41H41FN2O5. The van der Waals surface area contributed by atoms with Crippen LogP contribution in [0.4, 0.5) is 4.39 Å². The SMILES string of the molecule is O=C1CCc2cccc(c2)Oc2ccc(cc2)CC(C(=O)CCc2ccccc2F)NC(=O)C(CC(=O)N2CCC[C@@H]2c2ccccc2)C1. The molecule has 49 heavy (non-hydrogen) atoms. The van der Waals surface area contributed by atoms with Crippen LogP contribution in [0.5, 0.6) is 11.5 Å². The summed E-state index contributed by atoms with van der Waals surface area (Å²) in [5.74, 6) is -1.18. The highest BCUT2D eigenvalue weighted by atomic mass is 19.1. The Morgan fingerprint density at radius 2 is 1.59 bits per heavy atom. The molecule has 0 aliphatic carbocycles. The molecular weight excluding hydrogens is 619 g/mol. The van der Waals surface area contributed by atoms with Gasteiger partial charge in [0.05, 0.1) is 18.0 Å². The molecule has 4 aromatic carbocycles. The molecule has 1 N–H and O–H groups in total. The third-order valence-electron chi connectivity index (χ3n) is 9.52. The predicted molar refractivity (Wildman–Crippen MR) is 185 cm³/mol. The number of benzene rings is 4. The number of hydrogen-bond donors (Lipinski definition) is 1. The van der Waals surface area contributed by atoms with Gasteiger partial charge in [-0.2, -0.15) is 0 Å². The Labute approximate surface area is 286 Å². The van der Waals surface area contributed by atoms with Gasteiger partial charge in [0.15, 0.2) is 5.78 Å². The zero-order valence-electron chi connectivity index (χ0n) is 27.5. The number of hydrogen-bond acceptors (Lipinski definition) is 5. The average Bonchev–Trinajstić information content (AvgIpc) is 3.61. The molecule has 0 radical (unpaired) electrons. The number of rotatable bonds is 7. The zero-order chi connectivity index (χ0) is 34.2. The van der Waals surface area contributed by atoms with Crippen molar-refractivity contribution in [1.82, 2.24) is 10.2 Å². The molecule has 3 aliphatic rings. The van der Waals surface area contributed by atoms with E-state index in [1.807, 2.05) is 83.8 Å². The normalized spacial score (nSPS) is 19.9. The highest BCUT2D eigenvalue weighted by Crippen LogP contribution is 2.33. The number of likely N-dealkylation sites (tertiary alicyclic amines) is 1. The number of aryl methyl sites for hydroxylation is 2. The minimum atomic E-state index is -0.952. The summed E-state index contributed by atoms with van der Waals surface area (Å²) in [6, 6.07) is 30.0. The number of fused-ring (bicyclic) bond motifs is 10. The second kappa shape index (κ2) is 15.9. The van der Waals surface area contributed by atoms with Crippen molar-refractivity contribution in [3.05, 3.63) is 131 Å². The molecule has 7 rings (SSSR count). The van der Waals surface area contributed by atoms with Gasteiger partial charge in [-0.15, -0.1) is 0 Å². The number of carbonyl (C=O) groups is 4. The monoisotopic (exact) mass is 660 g/mol. The molecule has 3 aliphatic heterocycles. The maximum Gasteiger partial charge on any atom is 0.224 e. The molecule has 2 unspecified atom stereocenters. The fourth-order valence-corrected chi connectivity index (χ4v) is 6.83. The van der Waals surface area contributed by atoms with Crippen LogP contribution < -0.4 is 10.1 Å². The summed E-state index contributed by atoms with van der Waals surface area (Å²) < 4.78 is 20.5. The molecule has 7 nitrogen and oxygen atoms in total. The molecule has 3 heterocycles. The van der Waals surface area contributed by atoms with Gasteiger partial charge in [0.2, 0.25) is 11.8 Å². The van der Waals surface area contributed by atoms with Crippen LogP contribution in [0.25, 0.3) is 0 Å². The van der Waals surface area contributed by atoms with Gasteiger partial charge < -0.3 is 15.0 Å². The molecule has 1 saturated heterocycles. The number of Topliss-reactive ketones (excluding diaryl/α,β-unsaturated/α-hetero) is 2. The third-order valence-corrected chi connectivity index (χ3v) is 9.52. The molecule has 0 saturated carbocycles. The van der Waals surface area contributed by atoms with Crippen LogP contribution in [0.2, 0.25) is 0 Å². The number of nitrogens with zero attached hydrogens (tertiary/aromatic N) is 1. The molecule has 0 spiro atoms. The Kier molecular flexibility index (Phi) is 10.9. The van der Waals surface area contributed by atoms with Gasteiger partial charge in [0.25, 0.3) is 0 Å². The number of halogens is 1. The van der Waals surface area contributed by atoms with Crippen molar-refractivity contribution in [1.29, 1.82) is 0 Å². The number of ether oxygens (including phenoxy) is 1. The van der Waals surface area contributed by atoms with Crippen LogP contribution in [-0.4, -0.2) is 40.9 Å². The molecule has 2 amide bonds. The van der Waals surface area contributed by atoms with Crippen molar-refractivity contribution < 1.29 is 28.3 Å². The van der Waals surface area contributed by atoms with Crippen LogP contribution in [0.15, 0.2) is 103 Å². The maximum absolute atomic E-state index is 14.4. The highest BCUT2D eigenvalue weighted by Gasteiger charge is 2.34. The first-order valence-electron chi connectivity index (χ1n) is 17.1. The Balaban J connectivity index is 1.27. The van der Waals surface area contributed by atoms with E-state index in [-0.39, 0.29) is 67.9 Å². The molecule has 4 bridgehead atoms. The van der Waals surface area contributed by atoms with Gasteiger partial charge in [0, 0.05) is 32.2 Å². The highest BCUT2D eigenvalue weighted by molar-refractivity contribution is 5.94. The summed E-state index contributed by atoms with van der Waals surface area (Å²) >= 11 is 0. The fourth-order valence-electron chi connectivity index (χ4n) is 6.83. The summed E-state index contributed by atoms with van der Waals surface area (Å²) in [6.45, 7) is 0.576. The molecule has 4 aromatic rings. The Hall–Kier alpha value is -5.11. The number of amides is 2. The van der Waals surface area contributed by atoms with E-state index in [0.29, 0.717) is 30.0 Å². The van der Waals surface area contributed by atoms with Crippen LogP contribution in [0, 0.1) is 11.7 Å². The zero-order valence-corrected chi connectivity index (χ0v) is 27.5. The van der Waals surface area contributed by atoms with E-state index < -0.39 is 17.9 Å².